The number of rotatable bonds is 39. The van der Waals surface area contributed by atoms with Crippen LogP contribution in [0.4, 0.5) is 0 Å². The predicted octanol–water partition coefficient (Wildman–Crippen LogP) is 12.9. The van der Waals surface area contributed by atoms with Crippen LogP contribution in [0.5, 0.6) is 0 Å². The van der Waals surface area contributed by atoms with Crippen LogP contribution in [0.25, 0.3) is 0 Å². The van der Waals surface area contributed by atoms with E-state index in [4.69, 9.17) is 14.2 Å². The Labute approximate surface area is 366 Å². The lowest BCUT2D eigenvalue weighted by Crippen LogP contribution is -2.50. The summed E-state index contributed by atoms with van der Waals surface area (Å²) >= 11 is 0. The van der Waals surface area contributed by atoms with Crippen molar-refractivity contribution in [3.8, 4) is 0 Å². The summed E-state index contributed by atoms with van der Waals surface area (Å²) in [5.41, 5.74) is 0. The Morgan fingerprint density at radius 1 is 0.500 bits per heavy atom. The SMILES string of the molecule is CCC/C=C/C=C/C=C/C=C/C=C/CCCCCCCC(=O)OCC(COCCC(C(=O)O)[N+](C)(C)C)OC(=O)CCCCCCC/C=C/C=C/C=C/C=C/CCCCC. The van der Waals surface area contributed by atoms with Gasteiger partial charge in [0.05, 0.1) is 34.4 Å². The Hall–Kier alpha value is -4.01. The van der Waals surface area contributed by atoms with Gasteiger partial charge in [-0.15, -0.1) is 0 Å². The number of carbonyl (C=O) groups excluding carboxylic acids is 2. The maximum atomic E-state index is 12.7. The minimum absolute atomic E-state index is 0.0347. The third-order valence-electron chi connectivity index (χ3n) is 9.60. The van der Waals surface area contributed by atoms with Gasteiger partial charge in [0, 0.05) is 19.3 Å². The van der Waals surface area contributed by atoms with Crippen molar-refractivity contribution in [1.82, 2.24) is 0 Å². The summed E-state index contributed by atoms with van der Waals surface area (Å²) in [6.07, 6.45) is 56.9. The zero-order chi connectivity index (χ0) is 44.2. The van der Waals surface area contributed by atoms with Gasteiger partial charge in [0.1, 0.15) is 6.61 Å². The van der Waals surface area contributed by atoms with E-state index in [1.54, 1.807) is 0 Å². The molecule has 0 aliphatic heterocycles. The van der Waals surface area contributed by atoms with Gasteiger partial charge in [0.2, 0.25) is 0 Å². The Morgan fingerprint density at radius 2 is 0.917 bits per heavy atom. The van der Waals surface area contributed by atoms with E-state index < -0.39 is 18.1 Å². The number of quaternary nitrogens is 1. The van der Waals surface area contributed by atoms with Crippen LogP contribution in [0.3, 0.4) is 0 Å². The standard InChI is InChI=1S/C52H83NO7/c1-6-8-10-12-14-16-18-20-22-24-26-28-30-32-34-36-38-40-42-50(54)59-47-48(46-58-45-44-49(52(56)57)53(3,4)5)60-51(55)43-41-39-37-35-33-31-29-27-25-23-21-19-17-15-13-11-9-7-2/h10,12,14-29,48-49H,6-9,11,13,30-47H2,1-5H3/p+1/b12-10+,16-14+,17-15+,20-18+,21-19+,24-22+,25-23+,28-26+,29-27+. The lowest BCUT2D eigenvalue weighted by molar-refractivity contribution is -0.887. The summed E-state index contributed by atoms with van der Waals surface area (Å²) in [6, 6.07) is -0.631. The van der Waals surface area contributed by atoms with E-state index in [2.05, 4.69) is 80.7 Å². The van der Waals surface area contributed by atoms with Crippen molar-refractivity contribution < 1.29 is 38.2 Å². The van der Waals surface area contributed by atoms with Gasteiger partial charge in [-0.3, -0.25) is 9.59 Å². The number of esters is 2. The van der Waals surface area contributed by atoms with Crippen LogP contribution in [0.15, 0.2) is 109 Å². The van der Waals surface area contributed by atoms with Crippen molar-refractivity contribution in [2.24, 2.45) is 0 Å². The molecule has 0 radical (unpaired) electrons. The average Bonchev–Trinajstić information content (AvgIpc) is 3.21. The average molecular weight is 835 g/mol. The first-order chi connectivity index (χ1) is 29.1. The minimum atomic E-state index is -0.889. The molecule has 0 saturated carbocycles. The van der Waals surface area contributed by atoms with Crippen molar-refractivity contribution in [2.45, 2.75) is 161 Å². The van der Waals surface area contributed by atoms with Gasteiger partial charge >= 0.3 is 17.9 Å². The van der Waals surface area contributed by atoms with Crippen molar-refractivity contribution >= 4 is 17.9 Å². The van der Waals surface area contributed by atoms with E-state index in [0.717, 1.165) is 89.9 Å². The monoisotopic (exact) mass is 835 g/mol. The Bertz CT molecular complexity index is 1340. The van der Waals surface area contributed by atoms with Crippen LogP contribution in [-0.2, 0) is 28.6 Å². The van der Waals surface area contributed by atoms with E-state index in [1.807, 2.05) is 63.7 Å². The quantitative estimate of drug-likeness (QED) is 0.0285. The molecule has 0 aliphatic rings. The molecule has 60 heavy (non-hydrogen) atoms. The molecule has 1 N–H and O–H groups in total. The third kappa shape index (κ3) is 39.5. The summed E-state index contributed by atoms with van der Waals surface area (Å²) < 4.78 is 17.2. The number of carbonyl (C=O) groups is 3. The molecule has 0 aromatic carbocycles. The third-order valence-corrected chi connectivity index (χ3v) is 9.60. The fourth-order valence-corrected chi connectivity index (χ4v) is 6.01. The first-order valence-corrected chi connectivity index (χ1v) is 23.0. The summed E-state index contributed by atoms with van der Waals surface area (Å²) in [5.74, 6) is -1.55. The van der Waals surface area contributed by atoms with Crippen LogP contribution in [0, 0.1) is 0 Å². The highest BCUT2D eigenvalue weighted by atomic mass is 16.6. The molecule has 2 atom stereocenters. The molecule has 0 heterocycles. The molecule has 0 amide bonds. The Kier molecular flexibility index (Phi) is 38.9. The molecule has 0 aromatic heterocycles. The van der Waals surface area contributed by atoms with Crippen molar-refractivity contribution in [2.75, 3.05) is 41.0 Å². The second-order valence-electron chi connectivity index (χ2n) is 16.2. The number of hydrogen-bond donors (Lipinski definition) is 1. The smallest absolute Gasteiger partial charge is 0.362 e. The van der Waals surface area contributed by atoms with Gasteiger partial charge in [-0.1, -0.05) is 181 Å². The van der Waals surface area contributed by atoms with Crippen molar-refractivity contribution in [3.05, 3.63) is 109 Å². The highest BCUT2D eigenvalue weighted by molar-refractivity contribution is 5.72. The molecule has 0 bridgehead atoms. The molecule has 0 aromatic rings. The van der Waals surface area contributed by atoms with Crippen LogP contribution < -0.4 is 0 Å². The van der Waals surface area contributed by atoms with Gasteiger partial charge in [0.25, 0.3) is 0 Å². The number of carboxylic acids is 1. The zero-order valence-corrected chi connectivity index (χ0v) is 38.4. The molecule has 338 valence electrons. The maximum absolute atomic E-state index is 12.7. The number of nitrogens with zero attached hydrogens (tertiary/aromatic N) is 1. The fourth-order valence-electron chi connectivity index (χ4n) is 6.01. The lowest BCUT2D eigenvalue weighted by Gasteiger charge is -2.31. The van der Waals surface area contributed by atoms with E-state index in [0.29, 0.717) is 12.8 Å². The number of aliphatic carboxylic acids is 1. The molecule has 0 rings (SSSR count). The summed E-state index contributed by atoms with van der Waals surface area (Å²) in [6.45, 7) is 4.53. The summed E-state index contributed by atoms with van der Waals surface area (Å²) in [5, 5.41) is 9.63. The summed E-state index contributed by atoms with van der Waals surface area (Å²) in [4.78, 5) is 37.1. The van der Waals surface area contributed by atoms with E-state index in [1.165, 1.54) is 25.7 Å². The molecule has 0 aliphatic carbocycles. The number of carboxylic acid groups (broad SMARTS) is 1. The Morgan fingerprint density at radius 3 is 1.37 bits per heavy atom. The molecule has 0 fully saturated rings. The topological polar surface area (TPSA) is 99.1 Å². The Balaban J connectivity index is 4.47. The van der Waals surface area contributed by atoms with Crippen molar-refractivity contribution in [1.29, 1.82) is 0 Å². The molecule has 8 heteroatoms. The highest BCUT2D eigenvalue weighted by Crippen LogP contribution is 2.13. The minimum Gasteiger partial charge on any atom is -0.477 e. The second-order valence-corrected chi connectivity index (χ2v) is 16.2. The normalized spacial score (nSPS) is 13.9. The molecule has 2 unspecified atom stereocenters. The number of allylic oxidation sites excluding steroid dienone is 18. The lowest BCUT2D eigenvalue weighted by atomic mass is 10.1. The number of unbranched alkanes of at least 4 members (excludes halogenated alkanes) is 14. The maximum Gasteiger partial charge on any atom is 0.362 e. The van der Waals surface area contributed by atoms with Crippen molar-refractivity contribution in [3.63, 3.8) is 0 Å². The van der Waals surface area contributed by atoms with Gasteiger partial charge < -0.3 is 23.8 Å². The van der Waals surface area contributed by atoms with E-state index >= 15 is 0 Å². The number of ether oxygens (including phenoxy) is 3. The molecular formula is C52H84NO7+. The van der Waals surface area contributed by atoms with Gasteiger partial charge in [-0.05, 0) is 57.8 Å². The highest BCUT2D eigenvalue weighted by Gasteiger charge is 2.31. The molecule has 8 nitrogen and oxygen atoms in total. The summed E-state index contributed by atoms with van der Waals surface area (Å²) in [7, 11) is 5.50. The first-order valence-electron chi connectivity index (χ1n) is 23.0. The molecular weight excluding hydrogens is 751 g/mol. The van der Waals surface area contributed by atoms with Crippen LogP contribution in [-0.4, -0.2) is 80.6 Å². The zero-order valence-electron chi connectivity index (χ0n) is 38.4. The largest absolute Gasteiger partial charge is 0.477 e. The second kappa shape index (κ2) is 41.7. The van der Waals surface area contributed by atoms with Gasteiger partial charge in [-0.25, -0.2) is 4.79 Å². The van der Waals surface area contributed by atoms with E-state index in [9.17, 15) is 19.5 Å². The molecule has 0 spiro atoms. The van der Waals surface area contributed by atoms with Crippen LogP contribution >= 0.6 is 0 Å². The van der Waals surface area contributed by atoms with E-state index in [-0.39, 0.29) is 42.7 Å². The molecule has 0 saturated heterocycles. The predicted molar refractivity (Wildman–Crippen MR) is 252 cm³/mol. The number of hydrogen-bond acceptors (Lipinski definition) is 6. The van der Waals surface area contributed by atoms with Crippen LogP contribution in [0.1, 0.15) is 149 Å². The van der Waals surface area contributed by atoms with Gasteiger partial charge in [-0.2, -0.15) is 0 Å². The fraction of sp³-hybridized carbons (Fsp3) is 0.596. The van der Waals surface area contributed by atoms with Crippen LogP contribution in [0.2, 0.25) is 0 Å². The first kappa shape index (κ1) is 56.0. The van der Waals surface area contributed by atoms with Gasteiger partial charge in [0.15, 0.2) is 12.1 Å². The number of likely N-dealkylation sites (N-methyl/N-ethyl adjacent to an activating group) is 1.